The Hall–Kier alpha value is -0.930. The van der Waals surface area contributed by atoms with Crippen molar-refractivity contribution in [2.75, 3.05) is 6.54 Å². The van der Waals surface area contributed by atoms with Gasteiger partial charge in [-0.15, -0.1) is 11.3 Å². The third-order valence-corrected chi connectivity index (χ3v) is 4.18. The molecule has 1 fully saturated rings. The van der Waals surface area contributed by atoms with Gasteiger partial charge in [0, 0.05) is 6.04 Å². The van der Waals surface area contributed by atoms with E-state index in [4.69, 9.17) is 0 Å². The summed E-state index contributed by atoms with van der Waals surface area (Å²) in [5, 5.41) is 4.74. The second kappa shape index (κ2) is 4.15. The predicted molar refractivity (Wildman–Crippen MR) is 69.0 cm³/mol. The van der Waals surface area contributed by atoms with E-state index in [0.717, 1.165) is 17.1 Å². The number of benzene rings is 1. The first-order valence-electron chi connectivity index (χ1n) is 5.93. The van der Waals surface area contributed by atoms with Crippen LogP contribution in [0.2, 0.25) is 0 Å². The number of piperidine rings is 1. The summed E-state index contributed by atoms with van der Waals surface area (Å²) in [4.78, 5) is 4.56. The van der Waals surface area contributed by atoms with E-state index in [1.165, 1.54) is 29.5 Å². The number of rotatable bonds is 1. The second-order valence-electron chi connectivity index (χ2n) is 4.46. The zero-order chi connectivity index (χ0) is 11.0. The van der Waals surface area contributed by atoms with Crippen LogP contribution in [-0.2, 0) is 0 Å². The van der Waals surface area contributed by atoms with Gasteiger partial charge in [0.25, 0.3) is 0 Å². The molecule has 3 rings (SSSR count). The first-order valence-corrected chi connectivity index (χ1v) is 6.75. The molecule has 16 heavy (non-hydrogen) atoms. The minimum Gasteiger partial charge on any atom is -0.310 e. The minimum absolute atomic E-state index is 0.542. The predicted octanol–water partition coefficient (Wildman–Crippen LogP) is 3.42. The second-order valence-corrected chi connectivity index (χ2v) is 5.70. The number of nitrogens with zero attached hydrogens (tertiary/aromatic N) is 1. The molecule has 0 saturated carbocycles. The maximum atomic E-state index is 4.56. The van der Waals surface area contributed by atoms with Gasteiger partial charge in [0.15, 0.2) is 0 Å². The maximum absolute atomic E-state index is 4.56. The molecule has 0 amide bonds. The van der Waals surface area contributed by atoms with Gasteiger partial charge in [-0.2, -0.15) is 0 Å². The van der Waals surface area contributed by atoms with E-state index in [1.807, 2.05) is 0 Å². The van der Waals surface area contributed by atoms with Crippen LogP contribution in [0, 0.1) is 6.92 Å². The molecule has 0 bridgehead atoms. The van der Waals surface area contributed by atoms with Gasteiger partial charge in [0.2, 0.25) is 0 Å². The highest BCUT2D eigenvalue weighted by molar-refractivity contribution is 7.18. The van der Waals surface area contributed by atoms with Crippen molar-refractivity contribution in [2.24, 2.45) is 0 Å². The Labute approximate surface area is 99.7 Å². The lowest BCUT2D eigenvalue weighted by Gasteiger charge is -2.23. The van der Waals surface area contributed by atoms with Gasteiger partial charge >= 0.3 is 0 Å². The number of aromatic nitrogens is 1. The van der Waals surface area contributed by atoms with Crippen LogP contribution in [0.1, 0.15) is 35.9 Å². The topological polar surface area (TPSA) is 24.9 Å². The Balaban J connectivity index is 1.97. The molecule has 0 aliphatic carbocycles. The van der Waals surface area contributed by atoms with Crippen LogP contribution in [0.4, 0.5) is 0 Å². The summed E-state index contributed by atoms with van der Waals surface area (Å²) in [5.74, 6) is 0. The van der Waals surface area contributed by atoms with Gasteiger partial charge in [-0.1, -0.05) is 12.5 Å². The van der Waals surface area contributed by atoms with Crippen molar-refractivity contribution >= 4 is 21.6 Å². The first kappa shape index (κ1) is 10.2. The SMILES string of the molecule is Cc1nc2cc(C3CCCCN3)ccc2s1. The highest BCUT2D eigenvalue weighted by atomic mass is 32.1. The Morgan fingerprint density at radius 2 is 2.31 bits per heavy atom. The quantitative estimate of drug-likeness (QED) is 0.815. The van der Waals surface area contributed by atoms with Crippen molar-refractivity contribution in [3.05, 3.63) is 28.8 Å². The van der Waals surface area contributed by atoms with Crippen molar-refractivity contribution in [3.8, 4) is 0 Å². The van der Waals surface area contributed by atoms with Crippen LogP contribution in [0.25, 0.3) is 10.2 Å². The van der Waals surface area contributed by atoms with E-state index in [1.54, 1.807) is 11.3 Å². The summed E-state index contributed by atoms with van der Waals surface area (Å²) in [6, 6.07) is 7.26. The molecule has 1 unspecified atom stereocenters. The lowest BCUT2D eigenvalue weighted by atomic mass is 9.97. The van der Waals surface area contributed by atoms with Crippen LogP contribution in [0.15, 0.2) is 18.2 Å². The minimum atomic E-state index is 0.542. The fourth-order valence-corrected chi connectivity index (χ4v) is 3.22. The summed E-state index contributed by atoms with van der Waals surface area (Å²) < 4.78 is 1.30. The van der Waals surface area contributed by atoms with Crippen molar-refractivity contribution in [3.63, 3.8) is 0 Å². The van der Waals surface area contributed by atoms with Crippen LogP contribution < -0.4 is 5.32 Å². The van der Waals surface area contributed by atoms with E-state index < -0.39 is 0 Å². The van der Waals surface area contributed by atoms with Gasteiger partial charge in [0.1, 0.15) is 0 Å². The normalized spacial score (nSPS) is 21.4. The molecular weight excluding hydrogens is 216 g/mol. The number of aryl methyl sites for hydroxylation is 1. The Morgan fingerprint density at radius 3 is 3.12 bits per heavy atom. The first-order chi connectivity index (χ1) is 7.83. The smallest absolute Gasteiger partial charge is 0.0907 e. The molecule has 84 valence electrons. The average Bonchev–Trinajstić information content (AvgIpc) is 2.69. The number of hydrogen-bond acceptors (Lipinski definition) is 3. The lowest BCUT2D eigenvalue weighted by molar-refractivity contribution is 0.412. The van der Waals surface area contributed by atoms with Crippen molar-refractivity contribution in [1.29, 1.82) is 0 Å². The monoisotopic (exact) mass is 232 g/mol. The van der Waals surface area contributed by atoms with Gasteiger partial charge in [0.05, 0.1) is 15.2 Å². The average molecular weight is 232 g/mol. The van der Waals surface area contributed by atoms with Crippen LogP contribution in [0.3, 0.4) is 0 Å². The Morgan fingerprint density at radius 1 is 1.38 bits per heavy atom. The summed E-state index contributed by atoms with van der Waals surface area (Å²) in [6.07, 6.45) is 3.91. The zero-order valence-electron chi connectivity index (χ0n) is 9.49. The molecule has 2 heterocycles. The molecule has 1 aliphatic heterocycles. The number of fused-ring (bicyclic) bond motifs is 1. The molecule has 2 aromatic rings. The standard InChI is InChI=1S/C13H16N2S/c1-9-15-12-8-10(5-6-13(12)16-9)11-4-2-3-7-14-11/h5-6,8,11,14H,2-4,7H2,1H3. The molecule has 0 spiro atoms. The summed E-state index contributed by atoms with van der Waals surface area (Å²) in [6.45, 7) is 3.22. The highest BCUT2D eigenvalue weighted by Gasteiger charge is 2.15. The molecule has 1 aliphatic rings. The van der Waals surface area contributed by atoms with E-state index >= 15 is 0 Å². The fourth-order valence-electron chi connectivity index (χ4n) is 2.41. The Kier molecular flexibility index (Phi) is 2.65. The molecule has 1 aromatic carbocycles. The summed E-state index contributed by atoms with van der Waals surface area (Å²) in [7, 11) is 0. The van der Waals surface area contributed by atoms with Gasteiger partial charge in [-0.25, -0.2) is 4.98 Å². The molecule has 0 radical (unpaired) electrons. The molecular formula is C13H16N2S. The summed E-state index contributed by atoms with van der Waals surface area (Å²) in [5.41, 5.74) is 2.56. The molecule has 2 nitrogen and oxygen atoms in total. The van der Waals surface area contributed by atoms with E-state index in [2.05, 4.69) is 35.4 Å². The molecule has 1 atom stereocenters. The van der Waals surface area contributed by atoms with Crippen LogP contribution in [0.5, 0.6) is 0 Å². The molecule has 1 aromatic heterocycles. The van der Waals surface area contributed by atoms with E-state index in [0.29, 0.717) is 6.04 Å². The fraction of sp³-hybridized carbons (Fsp3) is 0.462. The third-order valence-electron chi connectivity index (χ3n) is 3.23. The van der Waals surface area contributed by atoms with Crippen molar-refractivity contribution in [1.82, 2.24) is 10.3 Å². The highest BCUT2D eigenvalue weighted by Crippen LogP contribution is 2.28. The van der Waals surface area contributed by atoms with Gasteiger partial charge in [-0.05, 0) is 44.0 Å². The van der Waals surface area contributed by atoms with E-state index in [-0.39, 0.29) is 0 Å². The van der Waals surface area contributed by atoms with Crippen LogP contribution >= 0.6 is 11.3 Å². The number of hydrogen-bond donors (Lipinski definition) is 1. The lowest BCUT2D eigenvalue weighted by Crippen LogP contribution is -2.26. The van der Waals surface area contributed by atoms with Crippen LogP contribution in [-0.4, -0.2) is 11.5 Å². The van der Waals surface area contributed by atoms with Crippen molar-refractivity contribution < 1.29 is 0 Å². The number of nitrogens with one attached hydrogen (secondary N) is 1. The largest absolute Gasteiger partial charge is 0.310 e. The zero-order valence-corrected chi connectivity index (χ0v) is 10.3. The van der Waals surface area contributed by atoms with E-state index in [9.17, 15) is 0 Å². The number of thiazole rings is 1. The van der Waals surface area contributed by atoms with Gasteiger partial charge in [-0.3, -0.25) is 0 Å². The molecule has 1 saturated heterocycles. The Bertz CT molecular complexity index is 498. The maximum Gasteiger partial charge on any atom is 0.0907 e. The van der Waals surface area contributed by atoms with Crippen molar-refractivity contribution in [2.45, 2.75) is 32.2 Å². The summed E-state index contributed by atoms with van der Waals surface area (Å²) >= 11 is 1.78. The third kappa shape index (κ3) is 1.85. The molecule has 1 N–H and O–H groups in total. The molecule has 3 heteroatoms. The van der Waals surface area contributed by atoms with Gasteiger partial charge < -0.3 is 5.32 Å².